The highest BCUT2D eigenvalue weighted by molar-refractivity contribution is 5.92. The molecule has 4 aliphatic carbocycles. The molecule has 4 nitrogen and oxygen atoms in total. The number of rotatable bonds is 2. The molecule has 1 heterocycles. The smallest absolute Gasteiger partial charge is 0.161 e. The van der Waals surface area contributed by atoms with Crippen LogP contribution in [-0.4, -0.2) is 36.0 Å². The number of aliphatic hydroxyl groups excluding tert-OH is 1. The highest BCUT2D eigenvalue weighted by Crippen LogP contribution is 2.68. The van der Waals surface area contributed by atoms with E-state index in [0.29, 0.717) is 24.2 Å². The van der Waals surface area contributed by atoms with Gasteiger partial charge in [0.15, 0.2) is 11.6 Å². The largest absolute Gasteiger partial charge is 0.389 e. The first-order valence-corrected chi connectivity index (χ1v) is 10.00. The average molecular weight is 344 g/mol. The van der Waals surface area contributed by atoms with E-state index in [9.17, 15) is 14.7 Å². The highest BCUT2D eigenvalue weighted by Gasteiger charge is 2.64. The Morgan fingerprint density at radius 2 is 2.12 bits per heavy atom. The molecular weight excluding hydrogens is 316 g/mol. The van der Waals surface area contributed by atoms with Crippen molar-refractivity contribution in [2.24, 2.45) is 34.5 Å². The summed E-state index contributed by atoms with van der Waals surface area (Å²) in [5, 5.41) is 9.40. The molecule has 2 bridgehead atoms. The van der Waals surface area contributed by atoms with Gasteiger partial charge < -0.3 is 9.84 Å². The second-order valence-electron chi connectivity index (χ2n) is 9.43. The number of carbonyl (C=O) groups is 2. The van der Waals surface area contributed by atoms with E-state index in [1.165, 1.54) is 5.57 Å². The molecule has 1 N–H and O–H groups in total. The Kier molecular flexibility index (Phi) is 3.41. The number of hydrogen-bond donors (Lipinski definition) is 1. The van der Waals surface area contributed by atoms with Gasteiger partial charge in [0.05, 0.1) is 12.7 Å². The Morgan fingerprint density at radius 3 is 2.92 bits per heavy atom. The Bertz CT molecular complexity index is 667. The quantitative estimate of drug-likeness (QED) is 0.836. The van der Waals surface area contributed by atoms with Gasteiger partial charge in [0.2, 0.25) is 0 Å². The number of hydrogen-bond acceptors (Lipinski definition) is 4. The zero-order valence-corrected chi connectivity index (χ0v) is 15.0. The predicted octanol–water partition coefficient (Wildman–Crippen LogP) is 2.68. The molecule has 5 rings (SSSR count). The lowest BCUT2D eigenvalue weighted by Gasteiger charge is -2.56. The standard InChI is InChI=1S/C21H28O4/c1-20-6-5-15-13(14(20)2-3-16(20)18(24)10-22)9-19-17-8-12(23)4-7-21(15,17)11-25-19/h8,13-16,19,22H,2-7,9-11H2,1H3/t13-,14-,15-,16+,19-,20-,21-/m0/s1. The maximum absolute atomic E-state index is 12.3. The molecule has 4 fully saturated rings. The van der Waals surface area contributed by atoms with Gasteiger partial charge in [-0.25, -0.2) is 0 Å². The van der Waals surface area contributed by atoms with E-state index in [1.54, 1.807) is 0 Å². The highest BCUT2D eigenvalue weighted by atomic mass is 16.5. The van der Waals surface area contributed by atoms with Crippen LogP contribution in [0.15, 0.2) is 11.6 Å². The fourth-order valence-corrected chi connectivity index (χ4v) is 7.68. The first-order chi connectivity index (χ1) is 12.0. The van der Waals surface area contributed by atoms with Crippen molar-refractivity contribution in [2.45, 2.75) is 58.0 Å². The minimum Gasteiger partial charge on any atom is -0.389 e. The van der Waals surface area contributed by atoms with Crippen molar-refractivity contribution in [3.63, 3.8) is 0 Å². The van der Waals surface area contributed by atoms with E-state index in [1.807, 2.05) is 6.08 Å². The molecule has 0 unspecified atom stereocenters. The summed E-state index contributed by atoms with van der Waals surface area (Å²) in [6.07, 6.45) is 8.92. The van der Waals surface area contributed by atoms with E-state index >= 15 is 0 Å². The van der Waals surface area contributed by atoms with Gasteiger partial charge in [0, 0.05) is 17.8 Å². The zero-order valence-electron chi connectivity index (χ0n) is 15.0. The summed E-state index contributed by atoms with van der Waals surface area (Å²) in [5.41, 5.74) is 1.44. The number of aliphatic hydroxyl groups is 1. The summed E-state index contributed by atoms with van der Waals surface area (Å²) >= 11 is 0. The fourth-order valence-electron chi connectivity index (χ4n) is 7.68. The van der Waals surface area contributed by atoms with Crippen LogP contribution >= 0.6 is 0 Å². The molecule has 7 atom stereocenters. The molecule has 25 heavy (non-hydrogen) atoms. The van der Waals surface area contributed by atoms with Gasteiger partial charge >= 0.3 is 0 Å². The van der Waals surface area contributed by atoms with Gasteiger partial charge in [-0.05, 0) is 73.3 Å². The normalized spacial score (nSPS) is 50.7. The van der Waals surface area contributed by atoms with Gasteiger partial charge in [-0.3, -0.25) is 9.59 Å². The Balaban J connectivity index is 1.51. The Hall–Kier alpha value is -1.00. The molecule has 0 aromatic rings. The third-order valence-electron chi connectivity index (χ3n) is 8.78. The molecule has 0 radical (unpaired) electrons. The lowest BCUT2D eigenvalue weighted by Crippen LogP contribution is -2.53. The number of Topliss-reactive ketones (excluding diaryl/α,β-unsaturated/α-hetero) is 1. The fraction of sp³-hybridized carbons (Fsp3) is 0.810. The van der Waals surface area contributed by atoms with E-state index in [0.717, 1.165) is 45.1 Å². The lowest BCUT2D eigenvalue weighted by atomic mass is 9.46. The molecule has 0 aromatic heterocycles. The average Bonchev–Trinajstić information content (AvgIpc) is 3.08. The van der Waals surface area contributed by atoms with E-state index < -0.39 is 0 Å². The van der Waals surface area contributed by atoms with Gasteiger partial charge in [-0.2, -0.15) is 0 Å². The predicted molar refractivity (Wildman–Crippen MR) is 91.7 cm³/mol. The van der Waals surface area contributed by atoms with E-state index in [2.05, 4.69) is 6.92 Å². The number of fused-ring (bicyclic) bond motifs is 3. The first kappa shape index (κ1) is 16.2. The number of ether oxygens (including phenoxy) is 1. The van der Waals surface area contributed by atoms with Crippen LogP contribution in [-0.2, 0) is 14.3 Å². The zero-order chi connectivity index (χ0) is 17.4. The van der Waals surface area contributed by atoms with Crippen molar-refractivity contribution >= 4 is 11.6 Å². The Morgan fingerprint density at radius 1 is 1.28 bits per heavy atom. The second kappa shape index (κ2) is 5.26. The third-order valence-corrected chi connectivity index (χ3v) is 8.78. The maximum atomic E-state index is 12.3. The molecule has 5 aliphatic rings. The third kappa shape index (κ3) is 1.96. The molecular formula is C21H28O4. The SMILES string of the molecule is C[C@]12CC[C@H]3[C@@H](C[C@@H]4OC[C@@]35CCC(=O)C=C45)[C@@H]1CC[C@@H]2C(=O)CO. The summed E-state index contributed by atoms with van der Waals surface area (Å²) < 4.78 is 6.20. The van der Waals surface area contributed by atoms with Gasteiger partial charge in [0.25, 0.3) is 0 Å². The van der Waals surface area contributed by atoms with Crippen LogP contribution < -0.4 is 0 Å². The first-order valence-electron chi connectivity index (χ1n) is 10.00. The summed E-state index contributed by atoms with van der Waals surface area (Å²) in [6.45, 7) is 2.78. The van der Waals surface area contributed by atoms with Crippen LogP contribution in [0, 0.1) is 34.5 Å². The lowest BCUT2D eigenvalue weighted by molar-refractivity contribution is -0.132. The van der Waals surface area contributed by atoms with Gasteiger partial charge in [-0.15, -0.1) is 0 Å². The summed E-state index contributed by atoms with van der Waals surface area (Å²) in [5.74, 6) is 2.12. The minimum absolute atomic E-state index is 0.0318. The van der Waals surface area contributed by atoms with Crippen molar-refractivity contribution in [2.75, 3.05) is 13.2 Å². The van der Waals surface area contributed by atoms with Crippen LogP contribution in [0.2, 0.25) is 0 Å². The summed E-state index contributed by atoms with van der Waals surface area (Å²) in [6, 6.07) is 0. The van der Waals surface area contributed by atoms with Gasteiger partial charge in [0.1, 0.15) is 6.61 Å². The van der Waals surface area contributed by atoms with Gasteiger partial charge in [-0.1, -0.05) is 6.92 Å². The maximum Gasteiger partial charge on any atom is 0.161 e. The van der Waals surface area contributed by atoms with Crippen LogP contribution in [0.25, 0.3) is 0 Å². The molecule has 136 valence electrons. The monoisotopic (exact) mass is 344 g/mol. The van der Waals surface area contributed by atoms with Crippen LogP contribution in [0.4, 0.5) is 0 Å². The van der Waals surface area contributed by atoms with Crippen LogP contribution in [0.1, 0.15) is 51.9 Å². The summed E-state index contributed by atoms with van der Waals surface area (Å²) in [7, 11) is 0. The topological polar surface area (TPSA) is 63.6 Å². The number of ketones is 2. The van der Waals surface area contributed by atoms with E-state index in [4.69, 9.17) is 4.74 Å². The van der Waals surface area contributed by atoms with E-state index in [-0.39, 0.29) is 41.0 Å². The molecule has 1 saturated heterocycles. The number of carbonyl (C=O) groups excluding carboxylic acids is 2. The molecule has 1 aliphatic heterocycles. The van der Waals surface area contributed by atoms with Crippen molar-refractivity contribution in [1.29, 1.82) is 0 Å². The van der Waals surface area contributed by atoms with Crippen molar-refractivity contribution < 1.29 is 19.4 Å². The molecule has 0 aromatic carbocycles. The van der Waals surface area contributed by atoms with Crippen molar-refractivity contribution in [3.05, 3.63) is 11.6 Å². The minimum atomic E-state index is -0.314. The van der Waals surface area contributed by atoms with Crippen molar-refractivity contribution in [3.8, 4) is 0 Å². The van der Waals surface area contributed by atoms with Crippen LogP contribution in [0.3, 0.4) is 0 Å². The molecule has 4 heteroatoms. The molecule has 0 amide bonds. The molecule has 0 spiro atoms. The Labute approximate surface area is 149 Å². The molecule has 3 saturated carbocycles. The second-order valence-corrected chi connectivity index (χ2v) is 9.43. The van der Waals surface area contributed by atoms with Crippen LogP contribution in [0.5, 0.6) is 0 Å². The summed E-state index contributed by atoms with van der Waals surface area (Å²) in [4.78, 5) is 24.3. The van der Waals surface area contributed by atoms with Crippen molar-refractivity contribution in [1.82, 2.24) is 0 Å².